The van der Waals surface area contributed by atoms with E-state index in [0.717, 1.165) is 12.8 Å². The minimum atomic E-state index is -0.689. The second-order valence-corrected chi connectivity index (χ2v) is 4.94. The van der Waals surface area contributed by atoms with E-state index < -0.39 is 6.10 Å². The van der Waals surface area contributed by atoms with Gasteiger partial charge in [0.25, 0.3) is 5.91 Å². The maximum atomic E-state index is 11.8. The van der Waals surface area contributed by atoms with Gasteiger partial charge in [0.15, 0.2) is 0 Å². The molecule has 1 aromatic heterocycles. The largest absolute Gasteiger partial charge is 0.389 e. The Hall–Kier alpha value is -1.40. The fourth-order valence-electron chi connectivity index (χ4n) is 2.38. The molecule has 0 radical (unpaired) electrons. The van der Waals surface area contributed by atoms with Gasteiger partial charge in [-0.2, -0.15) is 5.10 Å². The zero-order chi connectivity index (χ0) is 13.7. The van der Waals surface area contributed by atoms with E-state index >= 15 is 0 Å². The lowest BCUT2D eigenvalue weighted by atomic mass is 10.3. The summed E-state index contributed by atoms with van der Waals surface area (Å²) in [7, 11) is 1.51. The molecule has 6 heteroatoms. The molecule has 1 aliphatic carbocycles. The van der Waals surface area contributed by atoms with Crippen LogP contribution in [0.3, 0.4) is 0 Å². The molecule has 106 valence electrons. The van der Waals surface area contributed by atoms with Gasteiger partial charge < -0.3 is 15.2 Å². The second kappa shape index (κ2) is 6.68. The summed E-state index contributed by atoms with van der Waals surface area (Å²) < 4.78 is 6.67. The van der Waals surface area contributed by atoms with Crippen LogP contribution in [0, 0.1) is 0 Å². The number of ether oxygens (including phenoxy) is 1. The van der Waals surface area contributed by atoms with Crippen LogP contribution in [0.1, 0.15) is 42.2 Å². The number of carbonyl (C=O) groups is 1. The lowest BCUT2D eigenvalue weighted by Gasteiger charge is -2.10. The Bertz CT molecular complexity index is 413. The van der Waals surface area contributed by atoms with E-state index in [-0.39, 0.29) is 19.1 Å². The first kappa shape index (κ1) is 14.0. The number of methoxy groups -OCH3 is 1. The molecule has 1 atom stereocenters. The number of hydrogen-bond donors (Lipinski definition) is 2. The SMILES string of the molecule is COCC(O)CNC(=O)c1ccn(C2CCCC2)n1. The molecule has 1 heterocycles. The van der Waals surface area contributed by atoms with Gasteiger partial charge in [-0.15, -0.1) is 0 Å². The standard InChI is InChI=1S/C13H21N3O3/c1-19-9-11(17)8-14-13(18)12-6-7-16(15-12)10-4-2-3-5-10/h6-7,10-11,17H,2-5,8-9H2,1H3,(H,14,18). The molecule has 1 aliphatic rings. The van der Waals surface area contributed by atoms with Gasteiger partial charge in [0.1, 0.15) is 5.69 Å². The fraction of sp³-hybridized carbons (Fsp3) is 0.692. The van der Waals surface area contributed by atoms with Crippen LogP contribution >= 0.6 is 0 Å². The van der Waals surface area contributed by atoms with Crippen molar-refractivity contribution in [3.8, 4) is 0 Å². The molecule has 1 saturated carbocycles. The summed E-state index contributed by atoms with van der Waals surface area (Å²) in [4.78, 5) is 11.8. The molecule has 1 fully saturated rings. The van der Waals surface area contributed by atoms with Gasteiger partial charge in [-0.3, -0.25) is 9.48 Å². The minimum Gasteiger partial charge on any atom is -0.389 e. The third kappa shape index (κ3) is 3.78. The van der Waals surface area contributed by atoms with Crippen LogP contribution in [0.5, 0.6) is 0 Å². The van der Waals surface area contributed by atoms with Crippen molar-refractivity contribution >= 4 is 5.91 Å². The average Bonchev–Trinajstić information content (AvgIpc) is 3.06. The lowest BCUT2D eigenvalue weighted by Crippen LogP contribution is -2.34. The van der Waals surface area contributed by atoms with E-state index in [1.807, 2.05) is 10.9 Å². The molecule has 0 aliphatic heterocycles. The van der Waals surface area contributed by atoms with Crippen molar-refractivity contribution < 1.29 is 14.6 Å². The predicted octanol–water partition coefficient (Wildman–Crippen LogP) is 0.735. The zero-order valence-corrected chi connectivity index (χ0v) is 11.2. The molecule has 0 spiro atoms. The Balaban J connectivity index is 1.85. The summed E-state index contributed by atoms with van der Waals surface area (Å²) in [6.45, 7) is 0.375. The van der Waals surface area contributed by atoms with Crippen molar-refractivity contribution in [2.24, 2.45) is 0 Å². The number of carbonyl (C=O) groups excluding carboxylic acids is 1. The maximum absolute atomic E-state index is 11.8. The molecule has 2 N–H and O–H groups in total. The minimum absolute atomic E-state index is 0.170. The van der Waals surface area contributed by atoms with Gasteiger partial charge >= 0.3 is 0 Å². The molecule has 1 aromatic rings. The van der Waals surface area contributed by atoms with Crippen LogP contribution in [0.15, 0.2) is 12.3 Å². The molecule has 0 bridgehead atoms. The lowest BCUT2D eigenvalue weighted by molar-refractivity contribution is 0.0608. The molecule has 19 heavy (non-hydrogen) atoms. The van der Waals surface area contributed by atoms with Crippen LogP contribution in [0.4, 0.5) is 0 Å². The number of aliphatic hydroxyl groups is 1. The summed E-state index contributed by atoms with van der Waals surface area (Å²) in [6, 6.07) is 2.15. The van der Waals surface area contributed by atoms with Crippen molar-refractivity contribution in [2.75, 3.05) is 20.3 Å². The van der Waals surface area contributed by atoms with Gasteiger partial charge in [0.05, 0.1) is 18.8 Å². The molecule has 1 amide bonds. The summed E-state index contributed by atoms with van der Waals surface area (Å²) in [5.74, 6) is -0.257. The summed E-state index contributed by atoms with van der Waals surface area (Å²) in [5, 5.41) is 16.4. The predicted molar refractivity (Wildman–Crippen MR) is 69.9 cm³/mol. The Morgan fingerprint density at radius 2 is 2.37 bits per heavy atom. The van der Waals surface area contributed by atoms with Crippen LogP contribution in [-0.4, -0.2) is 47.2 Å². The van der Waals surface area contributed by atoms with Gasteiger partial charge in [0.2, 0.25) is 0 Å². The smallest absolute Gasteiger partial charge is 0.271 e. The van der Waals surface area contributed by atoms with Gasteiger partial charge in [-0.1, -0.05) is 12.8 Å². The van der Waals surface area contributed by atoms with E-state index in [1.54, 1.807) is 6.07 Å². The highest BCUT2D eigenvalue weighted by atomic mass is 16.5. The quantitative estimate of drug-likeness (QED) is 0.797. The summed E-state index contributed by atoms with van der Waals surface area (Å²) in [6.07, 6.45) is 5.90. The van der Waals surface area contributed by atoms with Crippen molar-refractivity contribution in [2.45, 2.75) is 37.8 Å². The maximum Gasteiger partial charge on any atom is 0.271 e. The van der Waals surface area contributed by atoms with Crippen molar-refractivity contribution in [3.05, 3.63) is 18.0 Å². The molecule has 2 rings (SSSR count). The van der Waals surface area contributed by atoms with Crippen LogP contribution in [-0.2, 0) is 4.74 Å². The van der Waals surface area contributed by atoms with Crippen LogP contribution in [0.25, 0.3) is 0 Å². The van der Waals surface area contributed by atoms with E-state index in [0.29, 0.717) is 11.7 Å². The molecule has 0 saturated heterocycles. The summed E-state index contributed by atoms with van der Waals surface area (Å²) >= 11 is 0. The molecule has 1 unspecified atom stereocenters. The second-order valence-electron chi connectivity index (χ2n) is 4.94. The topological polar surface area (TPSA) is 76.4 Å². The van der Waals surface area contributed by atoms with Gasteiger partial charge in [-0.05, 0) is 18.9 Å². The van der Waals surface area contributed by atoms with Crippen LogP contribution in [0.2, 0.25) is 0 Å². The number of rotatable bonds is 6. The van der Waals surface area contributed by atoms with Crippen LogP contribution < -0.4 is 5.32 Å². The van der Waals surface area contributed by atoms with Crippen molar-refractivity contribution in [1.29, 1.82) is 0 Å². The Morgan fingerprint density at radius 1 is 1.63 bits per heavy atom. The first-order chi connectivity index (χ1) is 9.20. The number of nitrogens with one attached hydrogen (secondary N) is 1. The van der Waals surface area contributed by atoms with E-state index in [4.69, 9.17) is 4.74 Å². The highest BCUT2D eigenvalue weighted by molar-refractivity contribution is 5.92. The van der Waals surface area contributed by atoms with E-state index in [1.165, 1.54) is 20.0 Å². The highest BCUT2D eigenvalue weighted by Crippen LogP contribution is 2.28. The van der Waals surface area contributed by atoms with Crippen molar-refractivity contribution in [3.63, 3.8) is 0 Å². The number of aliphatic hydroxyl groups excluding tert-OH is 1. The first-order valence-corrected chi connectivity index (χ1v) is 6.71. The van der Waals surface area contributed by atoms with E-state index in [2.05, 4.69) is 10.4 Å². The molecule has 6 nitrogen and oxygen atoms in total. The Kier molecular flexibility index (Phi) is 4.93. The zero-order valence-electron chi connectivity index (χ0n) is 11.2. The number of aromatic nitrogens is 2. The monoisotopic (exact) mass is 267 g/mol. The van der Waals surface area contributed by atoms with Crippen molar-refractivity contribution in [1.82, 2.24) is 15.1 Å². The third-order valence-corrected chi connectivity index (χ3v) is 3.40. The van der Waals surface area contributed by atoms with Gasteiger partial charge in [0, 0.05) is 19.9 Å². The normalized spacial score (nSPS) is 17.6. The Labute approximate surface area is 112 Å². The molecular weight excluding hydrogens is 246 g/mol. The van der Waals surface area contributed by atoms with Gasteiger partial charge in [-0.25, -0.2) is 0 Å². The molecule has 0 aromatic carbocycles. The fourth-order valence-corrected chi connectivity index (χ4v) is 2.38. The average molecular weight is 267 g/mol. The Morgan fingerprint density at radius 3 is 3.05 bits per heavy atom. The summed E-state index contributed by atoms with van der Waals surface area (Å²) in [5.41, 5.74) is 0.400. The third-order valence-electron chi connectivity index (χ3n) is 3.40. The number of nitrogens with zero attached hydrogens (tertiary/aromatic N) is 2. The number of hydrogen-bond acceptors (Lipinski definition) is 4. The molecular formula is C13H21N3O3. The number of amides is 1. The van der Waals surface area contributed by atoms with E-state index in [9.17, 15) is 9.90 Å². The highest BCUT2D eigenvalue weighted by Gasteiger charge is 2.19. The first-order valence-electron chi connectivity index (χ1n) is 6.71.